The van der Waals surface area contributed by atoms with Crippen LogP contribution in [0, 0.1) is 11.6 Å². The van der Waals surface area contributed by atoms with Crippen molar-refractivity contribution in [2.24, 2.45) is 0 Å². The van der Waals surface area contributed by atoms with E-state index in [0.29, 0.717) is 0 Å². The number of esters is 1. The van der Waals surface area contributed by atoms with Crippen molar-refractivity contribution in [2.75, 3.05) is 19.7 Å². The summed E-state index contributed by atoms with van der Waals surface area (Å²) in [6, 6.07) is 1.82. The number of nitrogens with zero attached hydrogens (tertiary/aromatic N) is 1. The molecular formula is C20H25F4NO4. The quantitative estimate of drug-likeness (QED) is 0.523. The second-order valence-electron chi connectivity index (χ2n) is 7.86. The highest BCUT2D eigenvalue weighted by molar-refractivity contribution is 5.80. The van der Waals surface area contributed by atoms with Crippen molar-refractivity contribution in [2.45, 2.75) is 58.0 Å². The number of likely N-dealkylation sites (tertiary alicyclic amines) is 1. The van der Waals surface area contributed by atoms with Gasteiger partial charge in [-0.25, -0.2) is 18.4 Å². The normalized spacial score (nSPS) is 15.9. The molecule has 0 radical (unpaired) electrons. The van der Waals surface area contributed by atoms with Gasteiger partial charge in [-0.2, -0.15) is 8.78 Å². The van der Waals surface area contributed by atoms with E-state index in [9.17, 15) is 27.2 Å². The maximum Gasteiger partial charge on any atom is 0.410 e. The van der Waals surface area contributed by atoms with Crippen LogP contribution in [0.1, 0.15) is 57.6 Å². The number of piperidine rings is 1. The maximum atomic E-state index is 14.6. The van der Waals surface area contributed by atoms with E-state index < -0.39 is 46.7 Å². The number of rotatable bonds is 4. The molecule has 1 aromatic carbocycles. The standard InChI is InChI=1S/C20H25F4NO4/c1-5-28-17(26)20(23,24)15-13(6-7-14(21)16(15)22)12-8-10-25(11-9-12)18(27)29-19(2,3)4/h6-7,12H,5,8-11H2,1-4H3. The molecule has 0 aliphatic carbocycles. The lowest BCUT2D eigenvalue weighted by Crippen LogP contribution is -2.41. The zero-order chi connectivity index (χ0) is 22.0. The average Bonchev–Trinajstić information content (AvgIpc) is 2.62. The summed E-state index contributed by atoms with van der Waals surface area (Å²) in [7, 11) is 0. The molecule has 0 saturated carbocycles. The fraction of sp³-hybridized carbons (Fsp3) is 0.600. The molecule has 0 unspecified atom stereocenters. The van der Waals surface area contributed by atoms with Gasteiger partial charge < -0.3 is 14.4 Å². The molecule has 0 spiro atoms. The SMILES string of the molecule is CCOC(=O)C(F)(F)c1c(C2CCN(C(=O)OC(C)(C)C)CC2)ccc(F)c1F. The molecule has 0 N–H and O–H groups in total. The minimum absolute atomic E-state index is 0.161. The third kappa shape index (κ3) is 5.19. The molecule has 1 amide bonds. The van der Waals surface area contributed by atoms with Gasteiger partial charge in [0.2, 0.25) is 0 Å². The van der Waals surface area contributed by atoms with Gasteiger partial charge in [0.25, 0.3) is 0 Å². The summed E-state index contributed by atoms with van der Waals surface area (Å²) in [4.78, 5) is 25.3. The van der Waals surface area contributed by atoms with Crippen molar-refractivity contribution in [3.05, 3.63) is 34.9 Å². The second-order valence-corrected chi connectivity index (χ2v) is 7.86. The Hall–Kier alpha value is -2.32. The molecule has 0 bridgehead atoms. The van der Waals surface area contributed by atoms with E-state index >= 15 is 0 Å². The first-order valence-electron chi connectivity index (χ1n) is 9.39. The summed E-state index contributed by atoms with van der Waals surface area (Å²) in [5.41, 5.74) is -2.14. The maximum absolute atomic E-state index is 14.6. The smallest absolute Gasteiger partial charge is 0.410 e. The summed E-state index contributed by atoms with van der Waals surface area (Å²) in [6.45, 7) is 6.58. The first kappa shape index (κ1) is 23.0. The number of ether oxygens (including phenoxy) is 2. The van der Waals surface area contributed by atoms with Gasteiger partial charge in [-0.05, 0) is 58.1 Å². The van der Waals surface area contributed by atoms with E-state index in [1.807, 2.05) is 0 Å². The van der Waals surface area contributed by atoms with E-state index in [1.54, 1.807) is 20.8 Å². The van der Waals surface area contributed by atoms with Gasteiger partial charge in [0.05, 0.1) is 12.2 Å². The fourth-order valence-corrected chi connectivity index (χ4v) is 3.25. The van der Waals surface area contributed by atoms with Crippen molar-refractivity contribution in [3.8, 4) is 0 Å². The van der Waals surface area contributed by atoms with E-state index in [2.05, 4.69) is 4.74 Å². The molecule has 1 aliphatic heterocycles. The van der Waals surface area contributed by atoms with Crippen LogP contribution in [0.25, 0.3) is 0 Å². The largest absolute Gasteiger partial charge is 0.461 e. The lowest BCUT2D eigenvalue weighted by molar-refractivity contribution is -0.173. The van der Waals surface area contributed by atoms with Crippen LogP contribution in [0.3, 0.4) is 0 Å². The number of amides is 1. The Balaban J connectivity index is 2.27. The van der Waals surface area contributed by atoms with Crippen LogP contribution in [0.4, 0.5) is 22.4 Å². The lowest BCUT2D eigenvalue weighted by atomic mass is 9.84. The molecule has 1 saturated heterocycles. The molecule has 162 valence electrons. The minimum atomic E-state index is -4.33. The van der Waals surface area contributed by atoms with Crippen molar-refractivity contribution in [1.82, 2.24) is 4.90 Å². The highest BCUT2D eigenvalue weighted by Crippen LogP contribution is 2.41. The summed E-state index contributed by atoms with van der Waals surface area (Å²) >= 11 is 0. The predicted molar refractivity (Wildman–Crippen MR) is 96.7 cm³/mol. The van der Waals surface area contributed by atoms with Gasteiger partial charge >= 0.3 is 18.0 Å². The fourth-order valence-electron chi connectivity index (χ4n) is 3.25. The summed E-state index contributed by atoms with van der Waals surface area (Å²) < 4.78 is 66.9. The third-order valence-electron chi connectivity index (χ3n) is 4.56. The topological polar surface area (TPSA) is 55.8 Å². The van der Waals surface area contributed by atoms with Gasteiger partial charge in [-0.1, -0.05) is 6.07 Å². The highest BCUT2D eigenvalue weighted by Gasteiger charge is 2.48. The Morgan fingerprint density at radius 1 is 1.14 bits per heavy atom. The Morgan fingerprint density at radius 2 is 1.72 bits per heavy atom. The van der Waals surface area contributed by atoms with Crippen LogP contribution in [0.5, 0.6) is 0 Å². The summed E-state index contributed by atoms with van der Waals surface area (Å²) in [5.74, 6) is -10.1. The van der Waals surface area contributed by atoms with Crippen LogP contribution in [0.15, 0.2) is 12.1 Å². The number of carbonyl (C=O) groups is 2. The van der Waals surface area contributed by atoms with Crippen molar-refractivity contribution in [1.29, 1.82) is 0 Å². The molecule has 1 fully saturated rings. The zero-order valence-corrected chi connectivity index (χ0v) is 16.9. The van der Waals surface area contributed by atoms with E-state index in [4.69, 9.17) is 4.74 Å². The predicted octanol–water partition coefficient (Wildman–Crippen LogP) is 4.73. The van der Waals surface area contributed by atoms with E-state index in [0.717, 1.165) is 12.1 Å². The number of hydrogen-bond acceptors (Lipinski definition) is 4. The monoisotopic (exact) mass is 419 g/mol. The van der Waals surface area contributed by atoms with E-state index in [-0.39, 0.29) is 38.1 Å². The highest BCUT2D eigenvalue weighted by atomic mass is 19.3. The van der Waals surface area contributed by atoms with Gasteiger partial charge in [0, 0.05) is 13.1 Å². The van der Waals surface area contributed by atoms with Crippen LogP contribution < -0.4 is 0 Å². The molecular weight excluding hydrogens is 394 g/mol. The summed E-state index contributed by atoms with van der Waals surface area (Å²) in [6.07, 6.45) is -0.0646. The van der Waals surface area contributed by atoms with Crippen molar-refractivity contribution in [3.63, 3.8) is 0 Å². The Labute approximate surface area is 167 Å². The molecule has 0 aromatic heterocycles. The Morgan fingerprint density at radius 3 is 2.24 bits per heavy atom. The number of carbonyl (C=O) groups excluding carboxylic acids is 2. The van der Waals surface area contributed by atoms with Crippen LogP contribution >= 0.6 is 0 Å². The molecule has 1 aromatic rings. The Kier molecular flexibility index (Phi) is 6.80. The van der Waals surface area contributed by atoms with Gasteiger partial charge in [0.15, 0.2) is 11.6 Å². The molecule has 0 atom stereocenters. The molecule has 5 nitrogen and oxygen atoms in total. The van der Waals surface area contributed by atoms with Crippen molar-refractivity contribution >= 4 is 12.1 Å². The summed E-state index contributed by atoms with van der Waals surface area (Å²) in [5, 5.41) is 0. The third-order valence-corrected chi connectivity index (χ3v) is 4.56. The average molecular weight is 419 g/mol. The molecule has 1 heterocycles. The number of benzene rings is 1. The first-order valence-corrected chi connectivity index (χ1v) is 9.39. The van der Waals surface area contributed by atoms with Crippen LogP contribution in [-0.2, 0) is 20.2 Å². The first-order chi connectivity index (χ1) is 13.4. The van der Waals surface area contributed by atoms with Gasteiger partial charge in [-0.15, -0.1) is 0 Å². The Bertz CT molecular complexity index is 768. The molecule has 29 heavy (non-hydrogen) atoms. The lowest BCUT2D eigenvalue weighted by Gasteiger charge is -2.34. The van der Waals surface area contributed by atoms with Gasteiger partial charge in [-0.3, -0.25) is 0 Å². The molecule has 2 rings (SSSR count). The van der Waals surface area contributed by atoms with E-state index in [1.165, 1.54) is 11.8 Å². The molecule has 9 heteroatoms. The zero-order valence-electron chi connectivity index (χ0n) is 16.9. The van der Waals surface area contributed by atoms with Gasteiger partial charge in [0.1, 0.15) is 5.60 Å². The number of hydrogen-bond donors (Lipinski definition) is 0. The minimum Gasteiger partial charge on any atom is -0.461 e. The number of alkyl halides is 2. The van der Waals surface area contributed by atoms with Crippen LogP contribution in [0.2, 0.25) is 0 Å². The van der Waals surface area contributed by atoms with Crippen molar-refractivity contribution < 1.29 is 36.6 Å². The van der Waals surface area contributed by atoms with Crippen LogP contribution in [-0.4, -0.2) is 42.3 Å². The number of halogens is 4. The second kappa shape index (κ2) is 8.59. The molecule has 1 aliphatic rings.